The lowest BCUT2D eigenvalue weighted by Crippen LogP contribution is -2.31. The van der Waals surface area contributed by atoms with Crippen LogP contribution in [-0.2, 0) is 29.6 Å². The van der Waals surface area contributed by atoms with E-state index in [1.165, 1.54) is 60.7 Å². The van der Waals surface area contributed by atoms with Crippen LogP contribution in [0.3, 0.4) is 0 Å². The Hall–Kier alpha value is -4.72. The van der Waals surface area contributed by atoms with Crippen molar-refractivity contribution in [3.8, 4) is 0 Å². The molecule has 4 aromatic rings. The fourth-order valence-electron chi connectivity index (χ4n) is 3.87. The van der Waals surface area contributed by atoms with Crippen LogP contribution >= 0.6 is 21.6 Å². The van der Waals surface area contributed by atoms with Crippen LogP contribution in [0.1, 0.15) is 20.7 Å². The third-order valence-corrected chi connectivity index (χ3v) is 11.4. The van der Waals surface area contributed by atoms with Gasteiger partial charge in [-0.05, 0) is 72.8 Å². The van der Waals surface area contributed by atoms with Crippen LogP contribution in [0.2, 0.25) is 0 Å². The molecule has 0 bridgehead atoms. The van der Waals surface area contributed by atoms with Crippen molar-refractivity contribution < 1.29 is 36.0 Å². The minimum absolute atomic E-state index is 0.0287. The first-order valence-electron chi connectivity index (χ1n) is 13.7. The summed E-state index contributed by atoms with van der Waals surface area (Å²) in [5.41, 5.74) is 11.2. The van der Waals surface area contributed by atoms with Gasteiger partial charge in [0.15, 0.2) is 0 Å². The van der Waals surface area contributed by atoms with Crippen LogP contribution in [0.15, 0.2) is 117 Å². The van der Waals surface area contributed by atoms with Crippen molar-refractivity contribution in [3.63, 3.8) is 0 Å². The van der Waals surface area contributed by atoms with Crippen LogP contribution in [0, 0.1) is 0 Å². The summed E-state index contributed by atoms with van der Waals surface area (Å²) in [7, 11) is -6.49. The molecule has 18 heteroatoms. The molecule has 0 fully saturated rings. The Morgan fingerprint density at radius 1 is 0.521 bits per heavy atom. The van der Waals surface area contributed by atoms with E-state index in [0.717, 1.165) is 21.6 Å². The molecule has 4 amide bonds. The van der Waals surface area contributed by atoms with E-state index in [-0.39, 0.29) is 34.0 Å². The number of rotatable bonds is 13. The number of carbonyl (C=O) groups is 4. The number of nitrogens with two attached hydrogens (primary N) is 2. The van der Waals surface area contributed by atoms with Crippen LogP contribution in [0.25, 0.3) is 0 Å². The van der Waals surface area contributed by atoms with Gasteiger partial charge >= 0.3 is 0 Å². The first-order valence-corrected chi connectivity index (χ1v) is 18.8. The van der Waals surface area contributed by atoms with Crippen LogP contribution < -0.4 is 31.5 Å². The van der Waals surface area contributed by atoms with Crippen molar-refractivity contribution in [2.75, 3.05) is 23.7 Å². The van der Waals surface area contributed by atoms with E-state index >= 15 is 0 Å². The summed E-state index contributed by atoms with van der Waals surface area (Å²) in [4.78, 5) is 49.5. The molecule has 0 aliphatic heterocycles. The molecule has 0 spiro atoms. The van der Waals surface area contributed by atoms with E-state index in [2.05, 4.69) is 10.6 Å². The van der Waals surface area contributed by atoms with Crippen LogP contribution in [0.4, 0.5) is 11.4 Å². The molecular formula is C30H28N6O8S4. The first-order chi connectivity index (χ1) is 22.8. The number of sulfonamides is 2. The van der Waals surface area contributed by atoms with E-state index in [1.54, 1.807) is 36.4 Å². The number of nitrogens with one attached hydrogen (secondary N) is 4. The molecule has 250 valence electrons. The molecule has 0 unspecified atom stereocenters. The lowest BCUT2D eigenvalue weighted by molar-refractivity contribution is -0.115. The van der Waals surface area contributed by atoms with Crippen molar-refractivity contribution >= 4 is 76.6 Å². The zero-order valence-corrected chi connectivity index (χ0v) is 28.0. The Morgan fingerprint density at radius 2 is 0.854 bits per heavy atom. The highest BCUT2D eigenvalue weighted by atomic mass is 33.1. The van der Waals surface area contributed by atoms with Gasteiger partial charge in [-0.1, -0.05) is 45.9 Å². The maximum absolute atomic E-state index is 13.1. The molecule has 0 saturated heterocycles. The lowest BCUT2D eigenvalue weighted by atomic mass is 10.2. The molecule has 48 heavy (non-hydrogen) atoms. The second-order valence-corrected chi connectivity index (χ2v) is 15.2. The van der Waals surface area contributed by atoms with E-state index in [4.69, 9.17) is 11.5 Å². The van der Waals surface area contributed by atoms with Gasteiger partial charge in [0.05, 0.1) is 34.0 Å². The topological polar surface area (TPSA) is 237 Å². The van der Waals surface area contributed by atoms with Gasteiger partial charge in [-0.25, -0.2) is 26.3 Å². The number of hydrogen-bond acceptors (Lipinski definition) is 12. The normalized spacial score (nSPS) is 11.3. The van der Waals surface area contributed by atoms with E-state index in [0.29, 0.717) is 21.2 Å². The molecule has 4 rings (SSSR count). The Kier molecular flexibility index (Phi) is 12.0. The Labute approximate surface area is 283 Å². The predicted octanol–water partition coefficient (Wildman–Crippen LogP) is 2.52. The van der Waals surface area contributed by atoms with Crippen molar-refractivity contribution in [1.29, 1.82) is 0 Å². The third kappa shape index (κ3) is 9.43. The summed E-state index contributed by atoms with van der Waals surface area (Å²) in [5, 5.41) is 4.98. The number of hydrogen-bond donors (Lipinski definition) is 6. The van der Waals surface area contributed by atoms with E-state index in [9.17, 15) is 36.0 Å². The maximum atomic E-state index is 13.1. The minimum Gasteiger partial charge on any atom is -0.325 e. The van der Waals surface area contributed by atoms with Gasteiger partial charge in [0, 0.05) is 21.2 Å². The highest BCUT2D eigenvalue weighted by molar-refractivity contribution is 8.76. The molecule has 0 aliphatic carbocycles. The van der Waals surface area contributed by atoms with Gasteiger partial charge in [-0.15, -0.1) is 0 Å². The SMILES string of the molecule is NCC(=O)Nc1ccc(S(=O)(=O)NC(=O)c2ccccc2SSc2ccccc2C(=O)NS(=O)(=O)c2ccc(NC(=O)CN)cc2)cc1. The van der Waals surface area contributed by atoms with Gasteiger partial charge in [-0.2, -0.15) is 0 Å². The van der Waals surface area contributed by atoms with Gasteiger partial charge in [0.2, 0.25) is 11.8 Å². The smallest absolute Gasteiger partial charge is 0.266 e. The highest BCUT2D eigenvalue weighted by Gasteiger charge is 2.23. The molecule has 0 aliphatic rings. The van der Waals surface area contributed by atoms with E-state index in [1.807, 2.05) is 9.44 Å². The van der Waals surface area contributed by atoms with Crippen molar-refractivity contribution in [2.24, 2.45) is 11.5 Å². The van der Waals surface area contributed by atoms with Gasteiger partial charge in [-0.3, -0.25) is 19.2 Å². The van der Waals surface area contributed by atoms with Gasteiger partial charge in [0.1, 0.15) is 0 Å². The summed E-state index contributed by atoms with van der Waals surface area (Å²) in [6.45, 7) is -0.497. The average Bonchev–Trinajstić information content (AvgIpc) is 3.07. The second-order valence-electron chi connectivity index (χ2n) is 9.58. The standard InChI is InChI=1S/C30H28N6O8S4/c31-17-27(37)33-19-9-13-21(14-10-19)47(41,42)35-29(39)23-5-1-3-7-25(23)45-46-26-8-4-2-6-24(26)30(40)36-48(43,44)22-15-11-20(12-16-22)34-28(38)18-32/h1-16H,17-18,31-32H2,(H,33,37)(H,34,38)(H,35,39)(H,36,40). The summed E-state index contributed by atoms with van der Waals surface area (Å²) in [5.74, 6) is -2.75. The predicted molar refractivity (Wildman–Crippen MR) is 182 cm³/mol. The van der Waals surface area contributed by atoms with Crippen molar-refractivity contribution in [1.82, 2.24) is 9.44 Å². The van der Waals surface area contributed by atoms with Gasteiger partial charge < -0.3 is 22.1 Å². The fourth-order valence-corrected chi connectivity index (χ4v) is 8.17. The molecule has 0 saturated carbocycles. The average molecular weight is 729 g/mol. The highest BCUT2D eigenvalue weighted by Crippen LogP contribution is 2.40. The molecule has 0 aromatic heterocycles. The molecule has 0 atom stereocenters. The van der Waals surface area contributed by atoms with E-state index < -0.39 is 43.7 Å². The Bertz CT molecular complexity index is 1910. The van der Waals surface area contributed by atoms with Gasteiger partial charge in [0.25, 0.3) is 31.9 Å². The summed E-state index contributed by atoms with van der Waals surface area (Å²) in [6.07, 6.45) is 0. The molecule has 0 heterocycles. The summed E-state index contributed by atoms with van der Waals surface area (Å²) < 4.78 is 55.8. The quantitative estimate of drug-likeness (QED) is 0.109. The lowest BCUT2D eigenvalue weighted by Gasteiger charge is -2.13. The van der Waals surface area contributed by atoms with Crippen molar-refractivity contribution in [3.05, 3.63) is 108 Å². The molecule has 14 nitrogen and oxygen atoms in total. The van der Waals surface area contributed by atoms with Crippen LogP contribution in [-0.4, -0.2) is 53.6 Å². The number of carbonyl (C=O) groups excluding carboxylic acids is 4. The molecule has 0 radical (unpaired) electrons. The Morgan fingerprint density at radius 3 is 1.19 bits per heavy atom. The number of amides is 4. The number of benzene rings is 4. The first kappa shape index (κ1) is 36.1. The maximum Gasteiger partial charge on any atom is 0.266 e. The summed E-state index contributed by atoms with van der Waals surface area (Å²) in [6, 6.07) is 22.7. The fraction of sp³-hybridized carbons (Fsp3) is 0.0667. The largest absolute Gasteiger partial charge is 0.325 e. The Balaban J connectivity index is 1.45. The summed E-state index contributed by atoms with van der Waals surface area (Å²) >= 11 is 0. The van der Waals surface area contributed by atoms with Crippen LogP contribution in [0.5, 0.6) is 0 Å². The molecular weight excluding hydrogens is 701 g/mol. The molecule has 8 N–H and O–H groups in total. The zero-order valence-electron chi connectivity index (χ0n) is 24.7. The zero-order chi connectivity index (χ0) is 34.9. The second kappa shape index (κ2) is 15.9. The number of anilines is 2. The minimum atomic E-state index is -4.30. The monoisotopic (exact) mass is 728 g/mol. The molecule has 4 aromatic carbocycles. The van der Waals surface area contributed by atoms with Crippen molar-refractivity contribution in [2.45, 2.75) is 19.6 Å². The third-order valence-electron chi connectivity index (χ3n) is 6.21.